The predicted molar refractivity (Wildman–Crippen MR) is 74.7 cm³/mol. The van der Waals surface area contributed by atoms with E-state index in [1.54, 1.807) is 20.3 Å². The molecule has 0 aliphatic heterocycles. The number of carbonyl (C=O) groups excluding carboxylic acids is 1. The first-order chi connectivity index (χ1) is 9.26. The molecule has 0 aromatic heterocycles. The number of rotatable bonds is 5. The molecular formula is C16H22O3. The van der Waals surface area contributed by atoms with Crippen LogP contribution in [0.5, 0.6) is 5.75 Å². The van der Waals surface area contributed by atoms with Gasteiger partial charge in [-0.1, -0.05) is 31.4 Å². The Kier molecular flexibility index (Phi) is 4.97. The first kappa shape index (κ1) is 14.1. The zero-order valence-corrected chi connectivity index (χ0v) is 11.7. The fourth-order valence-electron chi connectivity index (χ4n) is 2.89. The van der Waals surface area contributed by atoms with Crippen molar-refractivity contribution in [1.29, 1.82) is 0 Å². The lowest BCUT2D eigenvalue weighted by molar-refractivity contribution is 0.0314. The van der Waals surface area contributed by atoms with Gasteiger partial charge in [0.1, 0.15) is 11.9 Å². The number of hydrogen-bond donors (Lipinski definition) is 0. The fraction of sp³-hybridized carbons (Fsp3) is 0.562. The summed E-state index contributed by atoms with van der Waals surface area (Å²) < 4.78 is 10.7. The molecule has 1 aliphatic carbocycles. The largest absolute Gasteiger partial charge is 0.497 e. The molecule has 0 spiro atoms. The second-order valence-corrected chi connectivity index (χ2v) is 5.15. The van der Waals surface area contributed by atoms with Crippen molar-refractivity contribution in [2.75, 3.05) is 14.2 Å². The summed E-state index contributed by atoms with van der Waals surface area (Å²) in [5.74, 6) is 1.15. The Bertz CT molecular complexity index is 422. The van der Waals surface area contributed by atoms with Crippen molar-refractivity contribution in [3.05, 3.63) is 29.8 Å². The molecule has 0 heterocycles. The average molecular weight is 262 g/mol. The number of methoxy groups -OCH3 is 2. The van der Waals surface area contributed by atoms with Crippen LogP contribution in [-0.4, -0.2) is 26.1 Å². The number of carbonyl (C=O) groups is 1. The second kappa shape index (κ2) is 6.71. The minimum atomic E-state index is -0.313. The van der Waals surface area contributed by atoms with E-state index in [1.165, 1.54) is 19.3 Å². The van der Waals surface area contributed by atoms with Crippen LogP contribution in [0.3, 0.4) is 0 Å². The van der Waals surface area contributed by atoms with E-state index in [9.17, 15) is 4.79 Å². The molecule has 0 bridgehead atoms. The van der Waals surface area contributed by atoms with Crippen LogP contribution in [0.1, 0.15) is 42.5 Å². The molecule has 0 N–H and O–H groups in total. The number of benzene rings is 1. The van der Waals surface area contributed by atoms with Gasteiger partial charge in [0.2, 0.25) is 0 Å². The Morgan fingerprint density at radius 3 is 2.58 bits per heavy atom. The second-order valence-electron chi connectivity index (χ2n) is 5.15. The summed E-state index contributed by atoms with van der Waals surface area (Å²) in [7, 11) is 3.25. The van der Waals surface area contributed by atoms with Crippen LogP contribution in [0.2, 0.25) is 0 Å². The number of ether oxygens (including phenoxy) is 2. The van der Waals surface area contributed by atoms with Crippen LogP contribution < -0.4 is 4.74 Å². The van der Waals surface area contributed by atoms with Crippen molar-refractivity contribution in [3.8, 4) is 5.75 Å². The SMILES string of the molecule is COc1cccc(C(=O)C(OC)C2CCCCC2)c1. The van der Waals surface area contributed by atoms with Crippen LogP contribution in [0, 0.1) is 5.92 Å². The van der Waals surface area contributed by atoms with Gasteiger partial charge in [-0.25, -0.2) is 0 Å². The Morgan fingerprint density at radius 2 is 1.95 bits per heavy atom. The third kappa shape index (κ3) is 3.35. The van der Waals surface area contributed by atoms with Gasteiger partial charge < -0.3 is 9.47 Å². The molecule has 1 fully saturated rings. The lowest BCUT2D eigenvalue weighted by atomic mass is 9.82. The third-order valence-electron chi connectivity index (χ3n) is 3.94. The quantitative estimate of drug-likeness (QED) is 0.762. The maximum Gasteiger partial charge on any atom is 0.191 e. The maximum absolute atomic E-state index is 12.6. The highest BCUT2D eigenvalue weighted by Gasteiger charge is 2.30. The summed E-state index contributed by atoms with van der Waals surface area (Å²) in [6, 6.07) is 7.32. The molecule has 19 heavy (non-hydrogen) atoms. The minimum absolute atomic E-state index is 0.0771. The molecule has 1 aromatic rings. The molecule has 104 valence electrons. The summed E-state index contributed by atoms with van der Waals surface area (Å²) in [4.78, 5) is 12.6. The van der Waals surface area contributed by atoms with E-state index < -0.39 is 0 Å². The van der Waals surface area contributed by atoms with Gasteiger partial charge in [0, 0.05) is 12.7 Å². The highest BCUT2D eigenvalue weighted by Crippen LogP contribution is 2.29. The van der Waals surface area contributed by atoms with E-state index >= 15 is 0 Å². The van der Waals surface area contributed by atoms with Gasteiger partial charge >= 0.3 is 0 Å². The van der Waals surface area contributed by atoms with Crippen LogP contribution in [0.25, 0.3) is 0 Å². The molecule has 3 nitrogen and oxygen atoms in total. The Balaban J connectivity index is 2.14. The van der Waals surface area contributed by atoms with E-state index in [0.29, 0.717) is 17.2 Å². The fourth-order valence-corrected chi connectivity index (χ4v) is 2.89. The van der Waals surface area contributed by atoms with Crippen molar-refractivity contribution in [2.24, 2.45) is 5.92 Å². The van der Waals surface area contributed by atoms with Crippen molar-refractivity contribution in [2.45, 2.75) is 38.2 Å². The average Bonchev–Trinajstić information content (AvgIpc) is 2.49. The molecule has 1 atom stereocenters. The van der Waals surface area contributed by atoms with Gasteiger partial charge in [-0.05, 0) is 30.9 Å². The summed E-state index contributed by atoms with van der Waals surface area (Å²) in [6.07, 6.45) is 5.56. The summed E-state index contributed by atoms with van der Waals surface area (Å²) in [5, 5.41) is 0. The van der Waals surface area contributed by atoms with Gasteiger partial charge in [0.15, 0.2) is 5.78 Å². The molecule has 1 saturated carbocycles. The zero-order valence-electron chi connectivity index (χ0n) is 11.7. The maximum atomic E-state index is 12.6. The van der Waals surface area contributed by atoms with E-state index in [4.69, 9.17) is 9.47 Å². The van der Waals surface area contributed by atoms with Crippen molar-refractivity contribution in [3.63, 3.8) is 0 Å². The highest BCUT2D eigenvalue weighted by atomic mass is 16.5. The minimum Gasteiger partial charge on any atom is -0.497 e. The van der Waals surface area contributed by atoms with E-state index in [2.05, 4.69) is 0 Å². The molecule has 1 unspecified atom stereocenters. The number of ketones is 1. The predicted octanol–water partition coefficient (Wildman–Crippen LogP) is 3.47. The van der Waals surface area contributed by atoms with Gasteiger partial charge in [-0.2, -0.15) is 0 Å². The molecule has 1 aromatic carbocycles. The van der Waals surface area contributed by atoms with E-state index in [1.807, 2.05) is 18.2 Å². The Morgan fingerprint density at radius 1 is 1.21 bits per heavy atom. The number of Topliss-reactive ketones (excluding diaryl/α,β-unsaturated/α-hetero) is 1. The van der Waals surface area contributed by atoms with Gasteiger partial charge in [0.05, 0.1) is 7.11 Å². The molecule has 0 saturated heterocycles. The van der Waals surface area contributed by atoms with Crippen molar-refractivity contribution < 1.29 is 14.3 Å². The molecule has 1 aliphatic rings. The smallest absolute Gasteiger partial charge is 0.191 e. The molecule has 3 heteroatoms. The van der Waals surface area contributed by atoms with Gasteiger partial charge in [-0.15, -0.1) is 0 Å². The first-order valence-corrected chi connectivity index (χ1v) is 6.97. The standard InChI is InChI=1S/C16H22O3/c1-18-14-10-6-9-13(11-14)15(17)16(19-2)12-7-4-3-5-8-12/h6,9-12,16H,3-5,7-8H2,1-2H3. The normalized spacial score (nSPS) is 18.0. The van der Waals surface area contributed by atoms with Gasteiger partial charge in [-0.3, -0.25) is 4.79 Å². The lowest BCUT2D eigenvalue weighted by Crippen LogP contribution is -2.33. The van der Waals surface area contributed by atoms with Crippen LogP contribution >= 0.6 is 0 Å². The molecular weight excluding hydrogens is 240 g/mol. The summed E-state index contributed by atoms with van der Waals surface area (Å²) in [5.41, 5.74) is 0.678. The number of hydrogen-bond acceptors (Lipinski definition) is 3. The van der Waals surface area contributed by atoms with Crippen LogP contribution in [0.4, 0.5) is 0 Å². The Hall–Kier alpha value is -1.35. The van der Waals surface area contributed by atoms with E-state index in [-0.39, 0.29) is 11.9 Å². The topological polar surface area (TPSA) is 35.5 Å². The van der Waals surface area contributed by atoms with Gasteiger partial charge in [0.25, 0.3) is 0 Å². The Labute approximate surface area is 114 Å². The third-order valence-corrected chi connectivity index (χ3v) is 3.94. The van der Waals surface area contributed by atoms with Crippen molar-refractivity contribution in [1.82, 2.24) is 0 Å². The summed E-state index contributed by atoms with van der Waals surface area (Å²) >= 11 is 0. The molecule has 2 rings (SSSR count). The van der Waals surface area contributed by atoms with Crippen LogP contribution in [-0.2, 0) is 4.74 Å². The highest BCUT2D eigenvalue weighted by molar-refractivity contribution is 6.00. The lowest BCUT2D eigenvalue weighted by Gasteiger charge is -2.28. The molecule has 0 radical (unpaired) electrons. The monoisotopic (exact) mass is 262 g/mol. The van der Waals surface area contributed by atoms with Crippen LogP contribution in [0.15, 0.2) is 24.3 Å². The first-order valence-electron chi connectivity index (χ1n) is 6.97. The molecule has 0 amide bonds. The zero-order chi connectivity index (χ0) is 13.7. The summed E-state index contributed by atoms with van der Waals surface area (Å²) in [6.45, 7) is 0. The van der Waals surface area contributed by atoms with E-state index in [0.717, 1.165) is 12.8 Å². The van der Waals surface area contributed by atoms with Crippen molar-refractivity contribution >= 4 is 5.78 Å².